The first-order chi connectivity index (χ1) is 19.6. The lowest BCUT2D eigenvalue weighted by molar-refractivity contribution is -0.157. The third kappa shape index (κ3) is 6.19. The molecule has 3 aromatic heterocycles. The summed E-state index contributed by atoms with van der Waals surface area (Å²) in [6.07, 6.45) is -7.69. The average molecular weight is 612 g/mol. The van der Waals surface area contributed by atoms with Gasteiger partial charge in [0.05, 0.1) is 43.3 Å². The molecule has 1 saturated carbocycles. The van der Waals surface area contributed by atoms with E-state index in [1.807, 2.05) is 5.32 Å². The minimum atomic E-state index is -4.90. The predicted molar refractivity (Wildman–Crippen MR) is 125 cm³/mol. The van der Waals surface area contributed by atoms with E-state index < -0.39 is 79.6 Å². The fourth-order valence-corrected chi connectivity index (χ4v) is 5.14. The number of amides is 2. The number of nitrogens with zero attached hydrogens (tertiary/aromatic N) is 6. The molecule has 5 rings (SSSR count). The van der Waals surface area contributed by atoms with Gasteiger partial charge < -0.3 is 24.7 Å². The number of hydrogen-bond donors (Lipinski definition) is 2. The normalized spacial score (nSPS) is 21.5. The van der Waals surface area contributed by atoms with Crippen LogP contribution in [-0.4, -0.2) is 74.1 Å². The number of halogens is 8. The van der Waals surface area contributed by atoms with Gasteiger partial charge in [-0.2, -0.15) is 31.4 Å². The maximum atomic E-state index is 13.9. The van der Waals surface area contributed by atoms with Crippen molar-refractivity contribution >= 4 is 17.7 Å². The van der Waals surface area contributed by atoms with Crippen LogP contribution in [0.5, 0.6) is 0 Å². The van der Waals surface area contributed by atoms with E-state index in [1.165, 1.54) is 30.1 Å². The first-order valence-corrected chi connectivity index (χ1v) is 12.7. The molecule has 11 nitrogen and oxygen atoms in total. The van der Waals surface area contributed by atoms with E-state index in [2.05, 4.69) is 30.0 Å². The molecular formula is C23H24F8N8O3. The Morgan fingerprint density at radius 3 is 2.50 bits per heavy atom. The number of rotatable bonds is 8. The van der Waals surface area contributed by atoms with Crippen molar-refractivity contribution in [3.63, 3.8) is 0 Å². The largest absolute Gasteiger partial charge is 0.470 e. The van der Waals surface area contributed by atoms with E-state index >= 15 is 0 Å². The minimum absolute atomic E-state index is 0.0117. The van der Waals surface area contributed by atoms with E-state index in [0.717, 1.165) is 4.90 Å². The standard InChI is InChI=1S/C23H24F8N8O3/c1-41-10-14(38-9-15(22(26,27)28)34-20(38)40)12-6-16-33-13(8-39(16)32-7-12)17(11-2-4-21(24,25)5-3-11)35-19-37-36-18(42-19)23(29,30)31/h6-8,11,14-15,17H,2-5,9-10H2,1H3,(H,34,40)(H,35,37)/t14-,15+,17+/m1/s1. The van der Waals surface area contributed by atoms with Crippen molar-refractivity contribution in [1.29, 1.82) is 0 Å². The van der Waals surface area contributed by atoms with Gasteiger partial charge in [0.1, 0.15) is 6.04 Å². The molecule has 2 fully saturated rings. The highest BCUT2D eigenvalue weighted by Crippen LogP contribution is 2.43. The van der Waals surface area contributed by atoms with Crippen LogP contribution >= 0.6 is 0 Å². The number of nitrogens with one attached hydrogen (secondary N) is 2. The summed E-state index contributed by atoms with van der Waals surface area (Å²) in [7, 11) is 1.31. The number of carbonyl (C=O) groups is 1. The van der Waals surface area contributed by atoms with Crippen LogP contribution in [0.2, 0.25) is 0 Å². The molecule has 230 valence electrons. The number of hydrogen-bond acceptors (Lipinski definition) is 8. The number of anilines is 1. The monoisotopic (exact) mass is 612 g/mol. The molecule has 2 N–H and O–H groups in total. The van der Waals surface area contributed by atoms with Gasteiger partial charge in [0.25, 0.3) is 0 Å². The van der Waals surface area contributed by atoms with Crippen molar-refractivity contribution < 1.29 is 49.1 Å². The van der Waals surface area contributed by atoms with Crippen LogP contribution in [0.3, 0.4) is 0 Å². The van der Waals surface area contributed by atoms with E-state index in [9.17, 15) is 39.9 Å². The van der Waals surface area contributed by atoms with Crippen molar-refractivity contribution in [2.24, 2.45) is 5.92 Å². The fraction of sp³-hybridized carbons (Fsp3) is 0.609. The zero-order valence-electron chi connectivity index (χ0n) is 21.7. The molecule has 0 aromatic carbocycles. The number of fused-ring (bicyclic) bond motifs is 1. The molecule has 0 bridgehead atoms. The first kappa shape index (κ1) is 29.7. The first-order valence-electron chi connectivity index (χ1n) is 12.7. The van der Waals surface area contributed by atoms with Crippen LogP contribution < -0.4 is 10.6 Å². The van der Waals surface area contributed by atoms with Gasteiger partial charge in [0, 0.05) is 25.5 Å². The Hall–Kier alpha value is -3.77. The summed E-state index contributed by atoms with van der Waals surface area (Å²) in [6.45, 7) is -0.827. The lowest BCUT2D eigenvalue weighted by Gasteiger charge is -2.33. The molecule has 2 aliphatic rings. The molecule has 4 heterocycles. The second kappa shape index (κ2) is 10.8. The van der Waals surface area contributed by atoms with E-state index in [4.69, 9.17) is 4.74 Å². The van der Waals surface area contributed by atoms with Crippen molar-refractivity contribution in [2.75, 3.05) is 25.6 Å². The highest BCUT2D eigenvalue weighted by molar-refractivity contribution is 5.77. The van der Waals surface area contributed by atoms with Gasteiger partial charge in [-0.3, -0.25) is 0 Å². The van der Waals surface area contributed by atoms with Gasteiger partial charge in [-0.05, 0) is 24.8 Å². The maximum Gasteiger partial charge on any atom is 0.470 e. The molecule has 3 atom stereocenters. The number of alkyl halides is 8. The molecule has 2 amide bonds. The van der Waals surface area contributed by atoms with Crippen LogP contribution in [0.15, 0.2) is 22.9 Å². The summed E-state index contributed by atoms with van der Waals surface area (Å²) in [4.78, 5) is 17.9. The molecule has 0 radical (unpaired) electrons. The zero-order valence-corrected chi connectivity index (χ0v) is 21.7. The molecule has 1 aliphatic carbocycles. The molecule has 19 heteroatoms. The Morgan fingerprint density at radius 1 is 1.19 bits per heavy atom. The van der Waals surface area contributed by atoms with Crippen LogP contribution in [-0.2, 0) is 10.9 Å². The van der Waals surface area contributed by atoms with Gasteiger partial charge >= 0.3 is 30.3 Å². The molecule has 42 heavy (non-hydrogen) atoms. The van der Waals surface area contributed by atoms with E-state index in [-0.39, 0.29) is 30.8 Å². The SMILES string of the molecule is COC[C@H](c1cnn2cc([C@@H](Nc3nnc(C(F)(F)F)o3)C3CCC(F)(F)CC3)nc2c1)N1C[C@@H](C(F)(F)F)NC1=O. The Kier molecular flexibility index (Phi) is 7.65. The Labute approximate surface area is 231 Å². The molecule has 0 unspecified atom stereocenters. The van der Waals surface area contributed by atoms with Crippen molar-refractivity contribution in [3.05, 3.63) is 35.6 Å². The van der Waals surface area contributed by atoms with Crippen molar-refractivity contribution in [1.82, 2.24) is 35.0 Å². The highest BCUT2D eigenvalue weighted by Gasteiger charge is 2.49. The zero-order chi connectivity index (χ0) is 30.4. The number of aromatic nitrogens is 5. The Morgan fingerprint density at radius 2 is 1.90 bits per heavy atom. The molecule has 3 aromatic rings. The summed E-state index contributed by atoms with van der Waals surface area (Å²) >= 11 is 0. The minimum Gasteiger partial charge on any atom is -0.399 e. The van der Waals surface area contributed by atoms with Gasteiger partial charge in [0.2, 0.25) is 5.92 Å². The van der Waals surface area contributed by atoms with Gasteiger partial charge in [-0.1, -0.05) is 5.10 Å². The van der Waals surface area contributed by atoms with Gasteiger partial charge in [0.15, 0.2) is 5.65 Å². The van der Waals surface area contributed by atoms with Crippen LogP contribution in [0, 0.1) is 5.92 Å². The average Bonchev–Trinajstić information content (AvgIpc) is 3.63. The summed E-state index contributed by atoms with van der Waals surface area (Å²) in [6, 6.07) is -4.03. The fourth-order valence-electron chi connectivity index (χ4n) is 5.14. The number of imidazole rings is 1. The third-order valence-electron chi connectivity index (χ3n) is 7.28. The van der Waals surface area contributed by atoms with Crippen molar-refractivity contribution in [3.8, 4) is 0 Å². The number of ether oxygens (including phenoxy) is 1. The summed E-state index contributed by atoms with van der Waals surface area (Å²) < 4.78 is 118. The molecule has 1 aliphatic heterocycles. The van der Waals surface area contributed by atoms with Crippen LogP contribution in [0.25, 0.3) is 5.65 Å². The van der Waals surface area contributed by atoms with Crippen LogP contribution in [0.4, 0.5) is 45.9 Å². The number of methoxy groups -OCH3 is 1. The molecule has 1 saturated heterocycles. The number of carbonyl (C=O) groups excluding carboxylic acids is 1. The van der Waals surface area contributed by atoms with E-state index in [0.29, 0.717) is 5.56 Å². The molecule has 0 spiro atoms. The lowest BCUT2D eigenvalue weighted by atomic mass is 9.81. The molecular weight excluding hydrogens is 588 g/mol. The predicted octanol–water partition coefficient (Wildman–Crippen LogP) is 4.75. The Bertz CT molecular complexity index is 1410. The van der Waals surface area contributed by atoms with Crippen LogP contribution in [0.1, 0.15) is 54.9 Å². The Balaban J connectivity index is 1.45. The number of urea groups is 1. The second-order valence-corrected chi connectivity index (χ2v) is 10.2. The third-order valence-corrected chi connectivity index (χ3v) is 7.28. The highest BCUT2D eigenvalue weighted by atomic mass is 19.4. The smallest absolute Gasteiger partial charge is 0.399 e. The second-order valence-electron chi connectivity index (χ2n) is 10.2. The summed E-state index contributed by atoms with van der Waals surface area (Å²) in [5.41, 5.74) is 0.680. The summed E-state index contributed by atoms with van der Waals surface area (Å²) in [5.74, 6) is -4.99. The topological polar surface area (TPSA) is 123 Å². The lowest BCUT2D eigenvalue weighted by Crippen LogP contribution is -2.40. The maximum absolute atomic E-state index is 13.9. The van der Waals surface area contributed by atoms with Gasteiger partial charge in [-0.25, -0.2) is 23.1 Å². The summed E-state index contributed by atoms with van der Waals surface area (Å²) in [5, 5.41) is 15.2. The van der Waals surface area contributed by atoms with Crippen molar-refractivity contribution in [2.45, 2.75) is 62.1 Å². The quantitative estimate of drug-likeness (QED) is 0.350. The van der Waals surface area contributed by atoms with Gasteiger partial charge in [-0.15, -0.1) is 5.10 Å². The van der Waals surface area contributed by atoms with E-state index in [1.54, 1.807) is 0 Å².